The third-order valence-electron chi connectivity index (χ3n) is 3.67. The largest absolute Gasteiger partial charge is 0.328 e. The number of carbonyl (C=O) groups is 1. The number of likely N-dealkylation sites (tertiary alicyclic amines) is 1. The minimum atomic E-state index is -0.0505. The maximum atomic E-state index is 12.1. The van der Waals surface area contributed by atoms with Gasteiger partial charge in [0.25, 0.3) is 0 Å². The van der Waals surface area contributed by atoms with Crippen molar-refractivity contribution in [3.63, 3.8) is 0 Å². The molecule has 1 saturated heterocycles. The first-order chi connectivity index (χ1) is 9.06. The van der Waals surface area contributed by atoms with E-state index in [1.807, 2.05) is 11.8 Å². The Hall–Kier alpha value is -1.26. The molecule has 104 valence electrons. The molecule has 0 radical (unpaired) electrons. The third-order valence-corrected chi connectivity index (χ3v) is 3.92. The van der Waals surface area contributed by atoms with Crippen LogP contribution in [0.4, 0.5) is 10.5 Å². The molecule has 1 aromatic rings. The van der Waals surface area contributed by atoms with Crippen LogP contribution in [0.25, 0.3) is 0 Å². The van der Waals surface area contributed by atoms with Gasteiger partial charge in [-0.2, -0.15) is 0 Å². The van der Waals surface area contributed by atoms with Gasteiger partial charge in [-0.3, -0.25) is 0 Å². The summed E-state index contributed by atoms with van der Waals surface area (Å²) < 4.78 is 0. The Morgan fingerprint density at radius 1 is 1.37 bits per heavy atom. The quantitative estimate of drug-likeness (QED) is 0.876. The first-order valence-electron chi connectivity index (χ1n) is 6.63. The summed E-state index contributed by atoms with van der Waals surface area (Å²) in [6, 6.07) is 7.29. The maximum absolute atomic E-state index is 12.1. The Morgan fingerprint density at radius 3 is 2.47 bits per heavy atom. The summed E-state index contributed by atoms with van der Waals surface area (Å²) in [6.45, 7) is 3.57. The summed E-state index contributed by atoms with van der Waals surface area (Å²) in [5.74, 6) is 0.527. The standard InChI is InChI=1S/C14H20ClN3O/c1-10(16)11-6-8-18(9-7-11)14(19)17-13-4-2-12(15)3-5-13/h2-5,10-11H,6-9,16H2,1H3,(H,17,19). The van der Waals surface area contributed by atoms with Gasteiger partial charge in [0.15, 0.2) is 0 Å². The lowest BCUT2D eigenvalue weighted by Gasteiger charge is -2.33. The molecule has 0 aromatic heterocycles. The second-order valence-electron chi connectivity index (χ2n) is 5.12. The molecule has 1 atom stereocenters. The van der Waals surface area contributed by atoms with E-state index in [9.17, 15) is 4.79 Å². The first kappa shape index (κ1) is 14.2. The van der Waals surface area contributed by atoms with Crippen LogP contribution in [0.5, 0.6) is 0 Å². The van der Waals surface area contributed by atoms with Gasteiger partial charge in [-0.25, -0.2) is 4.79 Å². The van der Waals surface area contributed by atoms with Crippen molar-refractivity contribution in [1.29, 1.82) is 0 Å². The molecule has 19 heavy (non-hydrogen) atoms. The van der Waals surface area contributed by atoms with Crippen molar-refractivity contribution in [2.45, 2.75) is 25.8 Å². The van der Waals surface area contributed by atoms with E-state index in [2.05, 4.69) is 5.32 Å². The van der Waals surface area contributed by atoms with Gasteiger partial charge in [-0.15, -0.1) is 0 Å². The zero-order chi connectivity index (χ0) is 13.8. The molecular formula is C14H20ClN3O. The lowest BCUT2D eigenvalue weighted by molar-refractivity contribution is 0.176. The summed E-state index contributed by atoms with van der Waals surface area (Å²) >= 11 is 5.81. The number of hydrogen-bond acceptors (Lipinski definition) is 2. The Balaban J connectivity index is 1.86. The van der Waals surface area contributed by atoms with Crippen molar-refractivity contribution in [2.75, 3.05) is 18.4 Å². The molecule has 4 nitrogen and oxygen atoms in total. The summed E-state index contributed by atoms with van der Waals surface area (Å²) in [6.07, 6.45) is 1.96. The lowest BCUT2D eigenvalue weighted by Crippen LogP contribution is -2.44. The van der Waals surface area contributed by atoms with Crippen LogP contribution in [0.1, 0.15) is 19.8 Å². The van der Waals surface area contributed by atoms with E-state index in [0.717, 1.165) is 31.6 Å². The Bertz CT molecular complexity index is 425. The van der Waals surface area contributed by atoms with E-state index in [1.165, 1.54) is 0 Å². The number of carbonyl (C=O) groups excluding carboxylic acids is 1. The molecule has 2 rings (SSSR count). The molecule has 5 heteroatoms. The van der Waals surface area contributed by atoms with Crippen molar-refractivity contribution in [2.24, 2.45) is 11.7 Å². The average Bonchev–Trinajstić information content (AvgIpc) is 2.41. The molecule has 2 amide bonds. The van der Waals surface area contributed by atoms with Gasteiger partial charge in [0.2, 0.25) is 0 Å². The number of hydrogen-bond donors (Lipinski definition) is 2. The van der Waals surface area contributed by atoms with Crippen molar-refractivity contribution in [1.82, 2.24) is 4.90 Å². The number of anilines is 1. The summed E-state index contributed by atoms with van der Waals surface area (Å²) in [5.41, 5.74) is 6.66. The first-order valence-corrected chi connectivity index (χ1v) is 7.01. The van der Waals surface area contributed by atoms with Crippen molar-refractivity contribution >= 4 is 23.3 Å². The van der Waals surface area contributed by atoms with Crippen LogP contribution in [0.15, 0.2) is 24.3 Å². The Labute approximate surface area is 118 Å². The van der Waals surface area contributed by atoms with Gasteiger partial charge in [-0.05, 0) is 49.9 Å². The third kappa shape index (κ3) is 3.85. The van der Waals surface area contributed by atoms with E-state index in [1.54, 1.807) is 24.3 Å². The highest BCUT2D eigenvalue weighted by atomic mass is 35.5. The van der Waals surface area contributed by atoms with Gasteiger partial charge in [-0.1, -0.05) is 11.6 Å². The van der Waals surface area contributed by atoms with Gasteiger partial charge in [0.05, 0.1) is 0 Å². The molecule has 0 saturated carbocycles. The number of nitrogens with two attached hydrogens (primary N) is 1. The van der Waals surface area contributed by atoms with Crippen LogP contribution in [-0.2, 0) is 0 Å². The predicted octanol–water partition coefficient (Wildman–Crippen LogP) is 2.93. The number of benzene rings is 1. The van der Waals surface area contributed by atoms with Crippen molar-refractivity contribution in [3.8, 4) is 0 Å². The number of nitrogens with zero attached hydrogens (tertiary/aromatic N) is 1. The second-order valence-corrected chi connectivity index (χ2v) is 5.56. The highest BCUT2D eigenvalue weighted by molar-refractivity contribution is 6.30. The van der Waals surface area contributed by atoms with Crippen LogP contribution in [0.2, 0.25) is 5.02 Å². The fourth-order valence-corrected chi connectivity index (χ4v) is 2.49. The molecular weight excluding hydrogens is 262 g/mol. The molecule has 1 aliphatic heterocycles. The zero-order valence-corrected chi connectivity index (χ0v) is 11.9. The topological polar surface area (TPSA) is 58.4 Å². The molecule has 0 bridgehead atoms. The van der Waals surface area contributed by atoms with Crippen LogP contribution >= 0.6 is 11.6 Å². The molecule has 1 heterocycles. The van der Waals surface area contributed by atoms with Gasteiger partial charge < -0.3 is 16.0 Å². The second kappa shape index (κ2) is 6.26. The van der Waals surface area contributed by atoms with Crippen LogP contribution in [0.3, 0.4) is 0 Å². The lowest BCUT2D eigenvalue weighted by atomic mass is 9.91. The molecule has 0 spiro atoms. The van der Waals surface area contributed by atoms with E-state index < -0.39 is 0 Å². The molecule has 1 aromatic carbocycles. The molecule has 1 unspecified atom stereocenters. The average molecular weight is 282 g/mol. The van der Waals surface area contributed by atoms with Gasteiger partial charge >= 0.3 is 6.03 Å². The summed E-state index contributed by atoms with van der Waals surface area (Å²) in [4.78, 5) is 13.9. The SMILES string of the molecule is CC(N)C1CCN(C(=O)Nc2ccc(Cl)cc2)CC1. The molecule has 1 aliphatic rings. The monoisotopic (exact) mass is 281 g/mol. The predicted molar refractivity (Wildman–Crippen MR) is 78.4 cm³/mol. The number of halogens is 1. The normalized spacial score (nSPS) is 18.2. The smallest absolute Gasteiger partial charge is 0.321 e. The molecule has 3 N–H and O–H groups in total. The number of urea groups is 1. The maximum Gasteiger partial charge on any atom is 0.321 e. The zero-order valence-electron chi connectivity index (χ0n) is 11.1. The fraction of sp³-hybridized carbons (Fsp3) is 0.500. The summed E-state index contributed by atoms with van der Waals surface area (Å²) in [5, 5.41) is 3.54. The van der Waals surface area contributed by atoms with Crippen molar-refractivity contribution < 1.29 is 4.79 Å². The Morgan fingerprint density at radius 2 is 1.95 bits per heavy atom. The number of amides is 2. The van der Waals surface area contributed by atoms with Crippen molar-refractivity contribution in [3.05, 3.63) is 29.3 Å². The van der Waals surface area contributed by atoms with Gasteiger partial charge in [0, 0.05) is 29.8 Å². The van der Waals surface area contributed by atoms with E-state index in [4.69, 9.17) is 17.3 Å². The van der Waals surface area contributed by atoms with E-state index in [-0.39, 0.29) is 12.1 Å². The Kier molecular flexibility index (Phi) is 4.66. The number of piperidine rings is 1. The molecule has 0 aliphatic carbocycles. The minimum Gasteiger partial charge on any atom is -0.328 e. The van der Waals surface area contributed by atoms with Crippen LogP contribution < -0.4 is 11.1 Å². The van der Waals surface area contributed by atoms with E-state index >= 15 is 0 Å². The van der Waals surface area contributed by atoms with Crippen LogP contribution in [-0.4, -0.2) is 30.1 Å². The van der Waals surface area contributed by atoms with Gasteiger partial charge in [0.1, 0.15) is 0 Å². The highest BCUT2D eigenvalue weighted by Gasteiger charge is 2.24. The van der Waals surface area contributed by atoms with Crippen LogP contribution in [0, 0.1) is 5.92 Å². The van der Waals surface area contributed by atoms with E-state index in [0.29, 0.717) is 10.9 Å². The summed E-state index contributed by atoms with van der Waals surface area (Å²) in [7, 11) is 0. The highest BCUT2D eigenvalue weighted by Crippen LogP contribution is 2.20. The molecule has 1 fully saturated rings. The minimum absolute atomic E-state index is 0.0505. The number of nitrogens with one attached hydrogen (secondary N) is 1. The number of rotatable bonds is 2. The fourth-order valence-electron chi connectivity index (χ4n) is 2.36.